The molecule has 0 fully saturated rings. The Morgan fingerprint density at radius 1 is 1.20 bits per heavy atom. The van der Waals surface area contributed by atoms with Gasteiger partial charge in [0.05, 0.1) is 0 Å². The summed E-state index contributed by atoms with van der Waals surface area (Å²) < 4.78 is 5.36. The quantitative estimate of drug-likeness (QED) is 0.428. The van der Waals surface area contributed by atoms with Gasteiger partial charge in [0.2, 0.25) is 0 Å². The molecule has 0 N–H and O–H groups in total. The second-order valence-corrected chi connectivity index (χ2v) is 6.51. The molecule has 0 aromatic heterocycles. The first-order valence-electron chi connectivity index (χ1n) is 4.35. The van der Waals surface area contributed by atoms with Crippen molar-refractivity contribution in [1.29, 1.82) is 0 Å². The minimum atomic E-state index is -0.302. The van der Waals surface area contributed by atoms with Crippen molar-refractivity contribution in [2.24, 2.45) is 0 Å². The lowest BCUT2D eigenvalue weighted by Crippen LogP contribution is -2.02. The summed E-state index contributed by atoms with van der Waals surface area (Å²) >= 11 is 0. The fraction of sp³-hybridized carbons (Fsp3) is 1.00. The summed E-state index contributed by atoms with van der Waals surface area (Å²) in [6, 6.07) is 1.43. The molecule has 0 aliphatic rings. The van der Waals surface area contributed by atoms with Crippen molar-refractivity contribution in [3.05, 3.63) is 0 Å². The zero-order valence-electron chi connectivity index (χ0n) is 7.52. The van der Waals surface area contributed by atoms with Crippen LogP contribution in [0, 0.1) is 0 Å². The fourth-order valence-electron chi connectivity index (χ4n) is 0.840. The molecule has 0 heterocycles. The first kappa shape index (κ1) is 10.2. The van der Waals surface area contributed by atoms with Crippen molar-refractivity contribution >= 4 is 8.80 Å². The maximum atomic E-state index is 5.36. The molecule has 0 aromatic rings. The summed E-state index contributed by atoms with van der Waals surface area (Å²) in [7, 11) is -0.302. The standard InChI is InChI=1S/C8H20OSi/c1-4-6-9-7-5-8-10(2)3/h10H,4-8H2,1-3H3. The summed E-state index contributed by atoms with van der Waals surface area (Å²) in [5.41, 5.74) is 0. The third kappa shape index (κ3) is 8.18. The zero-order chi connectivity index (χ0) is 7.82. The maximum absolute atomic E-state index is 5.36. The van der Waals surface area contributed by atoms with E-state index in [-0.39, 0.29) is 8.80 Å². The van der Waals surface area contributed by atoms with Crippen molar-refractivity contribution in [2.45, 2.75) is 38.9 Å². The van der Waals surface area contributed by atoms with Gasteiger partial charge in [0, 0.05) is 22.0 Å². The van der Waals surface area contributed by atoms with Crippen molar-refractivity contribution in [2.75, 3.05) is 13.2 Å². The van der Waals surface area contributed by atoms with Gasteiger partial charge in [0.25, 0.3) is 0 Å². The van der Waals surface area contributed by atoms with Crippen LogP contribution in [0.1, 0.15) is 19.8 Å². The minimum Gasteiger partial charge on any atom is -0.381 e. The molecule has 10 heavy (non-hydrogen) atoms. The highest BCUT2D eigenvalue weighted by atomic mass is 28.3. The first-order chi connectivity index (χ1) is 4.77. The zero-order valence-corrected chi connectivity index (χ0v) is 8.68. The fourth-order valence-corrected chi connectivity index (χ4v) is 1.82. The largest absolute Gasteiger partial charge is 0.381 e. The van der Waals surface area contributed by atoms with Gasteiger partial charge in [-0.05, 0) is 12.8 Å². The Labute approximate surface area is 66.4 Å². The van der Waals surface area contributed by atoms with Gasteiger partial charge >= 0.3 is 0 Å². The summed E-state index contributed by atoms with van der Waals surface area (Å²) in [5, 5.41) is 0. The van der Waals surface area contributed by atoms with Crippen LogP contribution in [0.2, 0.25) is 19.1 Å². The molecular formula is C8H20OSi. The van der Waals surface area contributed by atoms with Gasteiger partial charge in [0.1, 0.15) is 0 Å². The maximum Gasteiger partial charge on any atom is 0.0463 e. The van der Waals surface area contributed by atoms with Gasteiger partial charge < -0.3 is 4.74 Å². The van der Waals surface area contributed by atoms with E-state index in [1.807, 2.05) is 0 Å². The molecular weight excluding hydrogens is 140 g/mol. The third-order valence-corrected chi connectivity index (χ3v) is 2.98. The molecule has 0 spiro atoms. The SMILES string of the molecule is CCCOCCC[SiH](C)C. The van der Waals surface area contributed by atoms with Crippen molar-refractivity contribution < 1.29 is 4.74 Å². The molecule has 1 nitrogen and oxygen atoms in total. The average Bonchev–Trinajstić information content (AvgIpc) is 1.87. The van der Waals surface area contributed by atoms with Crippen LogP contribution in [0.5, 0.6) is 0 Å². The van der Waals surface area contributed by atoms with Gasteiger partial charge in [-0.15, -0.1) is 0 Å². The van der Waals surface area contributed by atoms with E-state index in [9.17, 15) is 0 Å². The Morgan fingerprint density at radius 2 is 1.90 bits per heavy atom. The Morgan fingerprint density at radius 3 is 2.40 bits per heavy atom. The predicted octanol–water partition coefficient (Wildman–Crippen LogP) is 2.29. The van der Waals surface area contributed by atoms with E-state index in [1.54, 1.807) is 0 Å². The first-order valence-corrected chi connectivity index (χ1v) is 7.47. The Balaban J connectivity index is 2.77. The van der Waals surface area contributed by atoms with E-state index in [1.165, 1.54) is 12.5 Å². The number of hydrogen-bond acceptors (Lipinski definition) is 1. The highest BCUT2D eigenvalue weighted by molar-refractivity contribution is 6.55. The van der Waals surface area contributed by atoms with Crippen LogP contribution in [0.4, 0.5) is 0 Å². The Kier molecular flexibility index (Phi) is 7.41. The Bertz CT molecular complexity index is 64.3. The monoisotopic (exact) mass is 160 g/mol. The molecule has 0 amide bonds. The molecule has 0 bridgehead atoms. The van der Waals surface area contributed by atoms with E-state index >= 15 is 0 Å². The van der Waals surface area contributed by atoms with Crippen LogP contribution >= 0.6 is 0 Å². The van der Waals surface area contributed by atoms with E-state index in [2.05, 4.69) is 20.0 Å². The lowest BCUT2D eigenvalue weighted by molar-refractivity contribution is 0.135. The van der Waals surface area contributed by atoms with Crippen LogP contribution in [-0.4, -0.2) is 22.0 Å². The second kappa shape index (κ2) is 7.29. The summed E-state index contributed by atoms with van der Waals surface area (Å²) in [5.74, 6) is 0. The predicted molar refractivity (Wildman–Crippen MR) is 49.4 cm³/mol. The normalized spacial score (nSPS) is 10.8. The van der Waals surface area contributed by atoms with E-state index in [0.717, 1.165) is 19.6 Å². The molecule has 0 atom stereocenters. The lowest BCUT2D eigenvalue weighted by Gasteiger charge is -2.03. The van der Waals surface area contributed by atoms with Crippen molar-refractivity contribution in [3.8, 4) is 0 Å². The second-order valence-electron chi connectivity index (χ2n) is 3.15. The highest BCUT2D eigenvalue weighted by Crippen LogP contribution is 1.97. The third-order valence-electron chi connectivity index (χ3n) is 1.42. The lowest BCUT2D eigenvalue weighted by atomic mass is 10.5. The number of hydrogen-bond donors (Lipinski definition) is 0. The van der Waals surface area contributed by atoms with E-state index in [4.69, 9.17) is 4.74 Å². The molecule has 2 heteroatoms. The number of ether oxygens (including phenoxy) is 1. The molecule has 0 saturated carbocycles. The summed E-state index contributed by atoms with van der Waals surface area (Å²) in [4.78, 5) is 0. The average molecular weight is 160 g/mol. The molecule has 0 radical (unpaired) electrons. The van der Waals surface area contributed by atoms with Gasteiger partial charge in [-0.1, -0.05) is 26.1 Å². The van der Waals surface area contributed by atoms with Crippen LogP contribution in [0.25, 0.3) is 0 Å². The Hall–Kier alpha value is 0.177. The number of rotatable bonds is 6. The van der Waals surface area contributed by atoms with Gasteiger partial charge in [-0.2, -0.15) is 0 Å². The van der Waals surface area contributed by atoms with E-state index < -0.39 is 0 Å². The molecule has 62 valence electrons. The van der Waals surface area contributed by atoms with Gasteiger partial charge in [-0.25, -0.2) is 0 Å². The molecule has 0 saturated heterocycles. The summed E-state index contributed by atoms with van der Waals surface area (Å²) in [6.07, 6.45) is 2.43. The van der Waals surface area contributed by atoms with Crippen molar-refractivity contribution in [1.82, 2.24) is 0 Å². The van der Waals surface area contributed by atoms with Crippen LogP contribution in [0.3, 0.4) is 0 Å². The van der Waals surface area contributed by atoms with Gasteiger partial charge in [-0.3, -0.25) is 0 Å². The van der Waals surface area contributed by atoms with E-state index in [0.29, 0.717) is 0 Å². The molecule has 0 rings (SSSR count). The summed E-state index contributed by atoms with van der Waals surface area (Å²) in [6.45, 7) is 8.86. The van der Waals surface area contributed by atoms with Crippen LogP contribution in [-0.2, 0) is 4.74 Å². The smallest absolute Gasteiger partial charge is 0.0463 e. The van der Waals surface area contributed by atoms with Gasteiger partial charge in [0.15, 0.2) is 0 Å². The minimum absolute atomic E-state index is 0.302. The molecule has 0 unspecified atom stereocenters. The molecule has 0 aliphatic heterocycles. The van der Waals surface area contributed by atoms with Crippen LogP contribution < -0.4 is 0 Å². The molecule has 0 aliphatic carbocycles. The van der Waals surface area contributed by atoms with Crippen LogP contribution in [0.15, 0.2) is 0 Å². The molecule has 0 aromatic carbocycles. The topological polar surface area (TPSA) is 9.23 Å². The van der Waals surface area contributed by atoms with Crippen molar-refractivity contribution in [3.63, 3.8) is 0 Å². The highest BCUT2D eigenvalue weighted by Gasteiger charge is 1.94.